The fourth-order valence-electron chi connectivity index (χ4n) is 0.775. The van der Waals surface area contributed by atoms with Gasteiger partial charge in [0.15, 0.2) is 0 Å². The van der Waals surface area contributed by atoms with Gasteiger partial charge >= 0.3 is 0 Å². The second-order valence-corrected chi connectivity index (χ2v) is 2.20. The highest BCUT2D eigenvalue weighted by Crippen LogP contribution is 2.04. The standard InChI is InChI=1S/C8H7FN2/c1-6-8(9)3-2-7(11-6)4-5-10/h2-3H,4H2,1H3. The summed E-state index contributed by atoms with van der Waals surface area (Å²) in [6, 6.07) is 4.79. The highest BCUT2D eigenvalue weighted by atomic mass is 19.1. The van der Waals surface area contributed by atoms with E-state index < -0.39 is 0 Å². The summed E-state index contributed by atoms with van der Waals surface area (Å²) in [4.78, 5) is 3.86. The van der Waals surface area contributed by atoms with Gasteiger partial charge in [-0.2, -0.15) is 5.26 Å². The molecule has 0 saturated heterocycles. The summed E-state index contributed by atoms with van der Waals surface area (Å²) in [6.07, 6.45) is 0.237. The summed E-state index contributed by atoms with van der Waals surface area (Å²) in [6.45, 7) is 1.58. The van der Waals surface area contributed by atoms with Crippen LogP contribution in [0.2, 0.25) is 0 Å². The molecule has 0 spiro atoms. The van der Waals surface area contributed by atoms with Crippen LogP contribution >= 0.6 is 0 Å². The minimum Gasteiger partial charge on any atom is -0.254 e. The van der Waals surface area contributed by atoms with E-state index >= 15 is 0 Å². The molecule has 2 nitrogen and oxygen atoms in total. The van der Waals surface area contributed by atoms with E-state index in [4.69, 9.17) is 5.26 Å². The zero-order valence-corrected chi connectivity index (χ0v) is 6.13. The van der Waals surface area contributed by atoms with Gasteiger partial charge in [0.25, 0.3) is 0 Å². The maximum absolute atomic E-state index is 12.6. The number of aryl methyl sites for hydroxylation is 1. The summed E-state index contributed by atoms with van der Waals surface area (Å²) in [5.74, 6) is -0.327. The summed E-state index contributed by atoms with van der Waals surface area (Å²) in [5, 5.41) is 8.30. The summed E-state index contributed by atoms with van der Waals surface area (Å²) < 4.78 is 12.6. The Balaban J connectivity index is 2.98. The van der Waals surface area contributed by atoms with Gasteiger partial charge < -0.3 is 0 Å². The predicted octanol–water partition coefficient (Wildman–Crippen LogP) is 1.60. The molecule has 0 aliphatic carbocycles. The van der Waals surface area contributed by atoms with Crippen molar-refractivity contribution in [1.29, 1.82) is 5.26 Å². The molecule has 1 rings (SSSR count). The van der Waals surface area contributed by atoms with Crippen molar-refractivity contribution >= 4 is 0 Å². The first-order valence-electron chi connectivity index (χ1n) is 3.23. The largest absolute Gasteiger partial charge is 0.254 e. The van der Waals surface area contributed by atoms with Gasteiger partial charge in [0.05, 0.1) is 23.9 Å². The van der Waals surface area contributed by atoms with Gasteiger partial charge in [0, 0.05) is 0 Å². The summed E-state index contributed by atoms with van der Waals surface area (Å²) in [7, 11) is 0. The number of halogens is 1. The molecule has 56 valence electrons. The molecule has 0 fully saturated rings. The third-order valence-electron chi connectivity index (χ3n) is 1.34. The number of hydrogen-bond acceptors (Lipinski definition) is 2. The average molecular weight is 150 g/mol. The van der Waals surface area contributed by atoms with Crippen molar-refractivity contribution in [3.63, 3.8) is 0 Å². The molecule has 0 amide bonds. The third kappa shape index (κ3) is 1.74. The molecule has 0 unspecified atom stereocenters. The molecule has 0 aliphatic rings. The fourth-order valence-corrected chi connectivity index (χ4v) is 0.775. The molecule has 0 aromatic carbocycles. The van der Waals surface area contributed by atoms with E-state index in [1.807, 2.05) is 6.07 Å². The normalized spacial score (nSPS) is 9.18. The summed E-state index contributed by atoms with van der Waals surface area (Å²) >= 11 is 0. The quantitative estimate of drug-likeness (QED) is 0.609. The highest BCUT2D eigenvalue weighted by Gasteiger charge is 1.98. The van der Waals surface area contributed by atoms with Gasteiger partial charge in [-0.3, -0.25) is 4.98 Å². The van der Waals surface area contributed by atoms with E-state index in [0.29, 0.717) is 11.4 Å². The minimum absolute atomic E-state index is 0.237. The number of rotatable bonds is 1. The monoisotopic (exact) mass is 150 g/mol. The topological polar surface area (TPSA) is 36.7 Å². The van der Waals surface area contributed by atoms with Gasteiger partial charge in [-0.25, -0.2) is 4.39 Å². The van der Waals surface area contributed by atoms with Crippen molar-refractivity contribution in [2.75, 3.05) is 0 Å². The van der Waals surface area contributed by atoms with E-state index in [1.165, 1.54) is 12.1 Å². The Labute approximate surface area is 64.3 Å². The number of nitrogens with zero attached hydrogens (tertiary/aromatic N) is 2. The van der Waals surface area contributed by atoms with Crippen LogP contribution in [0.5, 0.6) is 0 Å². The molecule has 1 aromatic heterocycles. The van der Waals surface area contributed by atoms with Crippen LogP contribution in [-0.2, 0) is 6.42 Å². The average Bonchev–Trinajstić information content (AvgIpc) is 1.98. The van der Waals surface area contributed by atoms with Crippen LogP contribution in [0.25, 0.3) is 0 Å². The van der Waals surface area contributed by atoms with Gasteiger partial charge in [0.2, 0.25) is 0 Å². The first-order chi connectivity index (χ1) is 5.24. The van der Waals surface area contributed by atoms with Crippen molar-refractivity contribution in [2.45, 2.75) is 13.3 Å². The fraction of sp³-hybridized carbons (Fsp3) is 0.250. The first kappa shape index (κ1) is 7.67. The van der Waals surface area contributed by atoms with Gasteiger partial charge in [-0.1, -0.05) is 0 Å². The van der Waals surface area contributed by atoms with Crippen LogP contribution in [0.4, 0.5) is 4.39 Å². The van der Waals surface area contributed by atoms with Gasteiger partial charge in [-0.15, -0.1) is 0 Å². The molecule has 3 heteroatoms. The first-order valence-corrected chi connectivity index (χ1v) is 3.23. The SMILES string of the molecule is Cc1nc(CC#N)ccc1F. The second-order valence-electron chi connectivity index (χ2n) is 2.20. The van der Waals surface area contributed by atoms with Gasteiger partial charge in [-0.05, 0) is 19.1 Å². The Kier molecular flexibility index (Phi) is 2.17. The zero-order valence-electron chi connectivity index (χ0n) is 6.13. The van der Waals surface area contributed by atoms with Crippen molar-refractivity contribution in [2.24, 2.45) is 0 Å². The van der Waals surface area contributed by atoms with Crippen LogP contribution in [0.3, 0.4) is 0 Å². The summed E-state index contributed by atoms with van der Waals surface area (Å²) in [5.41, 5.74) is 0.962. The molecule has 0 aliphatic heterocycles. The lowest BCUT2D eigenvalue weighted by Gasteiger charge is -1.96. The van der Waals surface area contributed by atoms with Crippen LogP contribution in [-0.4, -0.2) is 4.98 Å². The van der Waals surface area contributed by atoms with Crippen molar-refractivity contribution in [3.05, 3.63) is 29.3 Å². The molecule has 0 atom stereocenters. The number of aromatic nitrogens is 1. The van der Waals surface area contributed by atoms with E-state index in [2.05, 4.69) is 4.98 Å². The molecular formula is C8H7FN2. The number of pyridine rings is 1. The van der Waals surface area contributed by atoms with E-state index in [-0.39, 0.29) is 12.2 Å². The lowest BCUT2D eigenvalue weighted by molar-refractivity contribution is 0.608. The van der Waals surface area contributed by atoms with Crippen LogP contribution in [0.15, 0.2) is 12.1 Å². The Morgan fingerprint density at radius 3 is 2.91 bits per heavy atom. The molecule has 11 heavy (non-hydrogen) atoms. The molecular weight excluding hydrogens is 143 g/mol. The highest BCUT2D eigenvalue weighted by molar-refractivity contribution is 5.14. The van der Waals surface area contributed by atoms with Crippen LogP contribution < -0.4 is 0 Å². The van der Waals surface area contributed by atoms with E-state index in [0.717, 1.165) is 0 Å². The molecule has 0 N–H and O–H groups in total. The lowest BCUT2D eigenvalue weighted by Crippen LogP contribution is -1.93. The molecule has 1 heterocycles. The van der Waals surface area contributed by atoms with Crippen LogP contribution in [0.1, 0.15) is 11.4 Å². The van der Waals surface area contributed by atoms with E-state index in [9.17, 15) is 4.39 Å². The number of hydrogen-bond donors (Lipinski definition) is 0. The Hall–Kier alpha value is -1.43. The minimum atomic E-state index is -0.327. The Morgan fingerprint density at radius 1 is 1.64 bits per heavy atom. The predicted molar refractivity (Wildman–Crippen MR) is 38.2 cm³/mol. The molecule has 0 saturated carbocycles. The maximum atomic E-state index is 12.6. The smallest absolute Gasteiger partial charge is 0.144 e. The zero-order chi connectivity index (χ0) is 8.27. The van der Waals surface area contributed by atoms with Crippen LogP contribution in [0, 0.1) is 24.1 Å². The van der Waals surface area contributed by atoms with Crippen molar-refractivity contribution in [1.82, 2.24) is 4.98 Å². The molecule has 1 aromatic rings. The third-order valence-corrected chi connectivity index (χ3v) is 1.34. The number of nitriles is 1. The molecule has 0 radical (unpaired) electrons. The van der Waals surface area contributed by atoms with E-state index in [1.54, 1.807) is 6.92 Å². The lowest BCUT2D eigenvalue weighted by atomic mass is 10.2. The van der Waals surface area contributed by atoms with Crippen molar-refractivity contribution in [3.8, 4) is 6.07 Å². The Morgan fingerprint density at radius 2 is 2.36 bits per heavy atom. The van der Waals surface area contributed by atoms with Gasteiger partial charge in [0.1, 0.15) is 5.82 Å². The maximum Gasteiger partial charge on any atom is 0.144 e. The van der Waals surface area contributed by atoms with Crippen molar-refractivity contribution < 1.29 is 4.39 Å². The Bertz CT molecular complexity index is 301. The second kappa shape index (κ2) is 3.11. The molecule has 0 bridgehead atoms.